The number of hydrogen-bond donors (Lipinski definition) is 2. The molecule has 0 unspecified atom stereocenters. The first-order chi connectivity index (χ1) is 15.4. The van der Waals surface area contributed by atoms with Gasteiger partial charge in [0.25, 0.3) is 0 Å². The van der Waals surface area contributed by atoms with Crippen molar-refractivity contribution in [2.24, 2.45) is 5.73 Å². The average Bonchev–Trinajstić information content (AvgIpc) is 3.18. The highest BCUT2D eigenvalue weighted by molar-refractivity contribution is 7.15. The highest BCUT2D eigenvalue weighted by Crippen LogP contribution is 2.32. The van der Waals surface area contributed by atoms with Crippen molar-refractivity contribution in [3.05, 3.63) is 64.1 Å². The molecule has 0 saturated carbocycles. The number of carbonyl (C=O) groups excluding carboxylic acids is 1. The van der Waals surface area contributed by atoms with Crippen LogP contribution in [-0.2, 0) is 16.1 Å². The summed E-state index contributed by atoms with van der Waals surface area (Å²) >= 11 is 8.09. The molecule has 1 amide bonds. The van der Waals surface area contributed by atoms with E-state index < -0.39 is 5.91 Å². The zero-order valence-electron chi connectivity index (χ0n) is 17.7. The molecule has 7 nitrogen and oxygen atoms in total. The van der Waals surface area contributed by atoms with Crippen LogP contribution in [0.4, 0.5) is 10.9 Å². The molecule has 1 aliphatic rings. The Hall–Kier alpha value is -2.78. The Morgan fingerprint density at radius 2 is 2.09 bits per heavy atom. The van der Waals surface area contributed by atoms with E-state index in [2.05, 4.69) is 21.8 Å². The number of hydrogen-bond acceptors (Lipinski definition) is 7. The lowest BCUT2D eigenvalue weighted by molar-refractivity contribution is -0.112. The Morgan fingerprint density at radius 1 is 1.31 bits per heavy atom. The molecule has 1 saturated heterocycles. The Bertz CT molecular complexity index is 1160. The molecule has 3 heterocycles. The number of nitrogens with two attached hydrogens (primary N) is 1. The van der Waals surface area contributed by atoms with Crippen molar-refractivity contribution < 1.29 is 9.53 Å². The van der Waals surface area contributed by atoms with Gasteiger partial charge >= 0.3 is 0 Å². The molecule has 1 fully saturated rings. The van der Waals surface area contributed by atoms with Crippen molar-refractivity contribution in [2.75, 3.05) is 31.6 Å². The second-order valence-corrected chi connectivity index (χ2v) is 9.21. The standard InChI is InChI=1S/C23H24ClN5O2S/c1-14-12-26-23(32-14)28-21-10-16(13-29-5-7-31-8-6-29)9-20(27-21)18-11-17(3-4-19(18)24)15(2)22(25)30/h3-4,9-12H,2,5-8,13H2,1H3,(H2,25,30)(H,26,27,28). The predicted molar refractivity (Wildman–Crippen MR) is 129 cm³/mol. The van der Waals surface area contributed by atoms with E-state index in [0.717, 1.165) is 48.4 Å². The molecule has 166 valence electrons. The molecule has 0 spiro atoms. The van der Waals surface area contributed by atoms with Gasteiger partial charge in [-0.15, -0.1) is 11.3 Å². The minimum Gasteiger partial charge on any atom is -0.379 e. The Labute approximate surface area is 195 Å². The number of benzene rings is 1. The minimum absolute atomic E-state index is 0.226. The Morgan fingerprint density at radius 3 is 2.78 bits per heavy atom. The Kier molecular flexibility index (Phi) is 6.86. The van der Waals surface area contributed by atoms with Crippen LogP contribution in [0.1, 0.15) is 16.0 Å². The SMILES string of the molecule is C=C(C(N)=O)c1ccc(Cl)c(-c2cc(CN3CCOCC3)cc(Nc3ncc(C)s3)n2)c1. The van der Waals surface area contributed by atoms with Gasteiger partial charge in [0.2, 0.25) is 5.91 Å². The molecule has 3 aromatic rings. The molecule has 1 aromatic carbocycles. The van der Waals surface area contributed by atoms with Crippen molar-refractivity contribution in [1.29, 1.82) is 0 Å². The fourth-order valence-corrected chi connectivity index (χ4v) is 4.36. The topological polar surface area (TPSA) is 93.4 Å². The molecule has 2 aromatic heterocycles. The third kappa shape index (κ3) is 5.34. The number of halogens is 1. The summed E-state index contributed by atoms with van der Waals surface area (Å²) in [5.41, 5.74) is 8.73. The maximum Gasteiger partial charge on any atom is 0.248 e. The van der Waals surface area contributed by atoms with Crippen LogP contribution in [0.15, 0.2) is 43.1 Å². The first kappa shape index (κ1) is 22.4. The van der Waals surface area contributed by atoms with Crippen molar-refractivity contribution in [3.8, 4) is 11.3 Å². The van der Waals surface area contributed by atoms with Gasteiger partial charge in [-0.2, -0.15) is 0 Å². The van der Waals surface area contributed by atoms with E-state index in [1.54, 1.807) is 29.5 Å². The number of anilines is 2. The third-order valence-electron chi connectivity index (χ3n) is 5.14. The first-order valence-electron chi connectivity index (χ1n) is 10.2. The van der Waals surface area contributed by atoms with Gasteiger partial charge in [-0.05, 0) is 42.3 Å². The number of aryl methyl sites for hydroxylation is 1. The van der Waals surface area contributed by atoms with Gasteiger partial charge in [0.05, 0.1) is 23.9 Å². The summed E-state index contributed by atoms with van der Waals surface area (Å²) in [6, 6.07) is 9.30. The van der Waals surface area contributed by atoms with E-state index in [0.29, 0.717) is 27.7 Å². The zero-order chi connectivity index (χ0) is 22.7. The fourth-order valence-electron chi connectivity index (χ4n) is 3.47. The summed E-state index contributed by atoms with van der Waals surface area (Å²) < 4.78 is 5.47. The molecule has 9 heteroatoms. The smallest absolute Gasteiger partial charge is 0.248 e. The monoisotopic (exact) mass is 469 g/mol. The van der Waals surface area contributed by atoms with Gasteiger partial charge in [-0.1, -0.05) is 24.2 Å². The van der Waals surface area contributed by atoms with Crippen molar-refractivity contribution in [3.63, 3.8) is 0 Å². The van der Waals surface area contributed by atoms with E-state index in [1.165, 1.54) is 0 Å². The average molecular weight is 470 g/mol. The zero-order valence-corrected chi connectivity index (χ0v) is 19.3. The van der Waals surface area contributed by atoms with Crippen molar-refractivity contribution in [2.45, 2.75) is 13.5 Å². The van der Waals surface area contributed by atoms with Crippen LogP contribution in [0.3, 0.4) is 0 Å². The number of nitrogens with one attached hydrogen (secondary N) is 1. The summed E-state index contributed by atoms with van der Waals surface area (Å²) in [6.45, 7) is 9.76. The number of morpholine rings is 1. The van der Waals surface area contributed by atoms with Gasteiger partial charge in [0, 0.05) is 41.8 Å². The number of pyridine rings is 1. The molecule has 0 radical (unpaired) electrons. The Balaban J connectivity index is 1.73. The lowest BCUT2D eigenvalue weighted by atomic mass is 10.0. The van der Waals surface area contributed by atoms with Crippen molar-refractivity contribution in [1.82, 2.24) is 14.9 Å². The normalized spacial score (nSPS) is 14.3. The summed E-state index contributed by atoms with van der Waals surface area (Å²) in [6.07, 6.45) is 1.82. The van der Waals surface area contributed by atoms with Crippen LogP contribution in [-0.4, -0.2) is 47.1 Å². The number of ether oxygens (including phenoxy) is 1. The number of aromatic nitrogens is 2. The van der Waals surface area contributed by atoms with Crippen LogP contribution < -0.4 is 11.1 Å². The second-order valence-electron chi connectivity index (χ2n) is 7.57. The molecule has 0 bridgehead atoms. The molecule has 4 rings (SSSR count). The van der Waals surface area contributed by atoms with E-state index >= 15 is 0 Å². The predicted octanol–water partition coefficient (Wildman–Crippen LogP) is 4.24. The molecule has 0 atom stereocenters. The lowest BCUT2D eigenvalue weighted by Gasteiger charge is -2.26. The second kappa shape index (κ2) is 9.79. The maximum atomic E-state index is 11.6. The number of carbonyl (C=O) groups is 1. The fraction of sp³-hybridized carbons (Fsp3) is 0.261. The summed E-state index contributed by atoms with van der Waals surface area (Å²) in [5, 5.41) is 4.60. The summed E-state index contributed by atoms with van der Waals surface area (Å²) in [5.74, 6) is 0.101. The lowest BCUT2D eigenvalue weighted by Crippen LogP contribution is -2.35. The van der Waals surface area contributed by atoms with Crippen LogP contribution in [0, 0.1) is 6.92 Å². The van der Waals surface area contributed by atoms with Crippen molar-refractivity contribution >= 4 is 45.4 Å². The number of rotatable bonds is 7. The quantitative estimate of drug-likeness (QED) is 0.503. The number of nitrogens with zero attached hydrogens (tertiary/aromatic N) is 3. The number of primary amides is 1. The summed E-state index contributed by atoms with van der Waals surface area (Å²) in [4.78, 5) is 24.2. The minimum atomic E-state index is -0.575. The first-order valence-corrected chi connectivity index (χ1v) is 11.4. The van der Waals surface area contributed by atoms with Gasteiger partial charge in [0.1, 0.15) is 5.82 Å². The van der Waals surface area contributed by atoms with Gasteiger partial charge in [-0.3, -0.25) is 9.69 Å². The van der Waals surface area contributed by atoms with E-state index in [4.69, 9.17) is 27.1 Å². The van der Waals surface area contributed by atoms with Gasteiger partial charge < -0.3 is 15.8 Å². The van der Waals surface area contributed by atoms with Gasteiger partial charge in [0.15, 0.2) is 5.13 Å². The third-order valence-corrected chi connectivity index (χ3v) is 6.30. The molecular formula is C23H24ClN5O2S. The van der Waals surface area contributed by atoms with Crippen LogP contribution in [0.25, 0.3) is 16.8 Å². The van der Waals surface area contributed by atoms with E-state index in [-0.39, 0.29) is 5.57 Å². The maximum absolute atomic E-state index is 11.6. The molecule has 32 heavy (non-hydrogen) atoms. The van der Waals surface area contributed by atoms with Gasteiger partial charge in [-0.25, -0.2) is 9.97 Å². The molecule has 0 aliphatic carbocycles. The van der Waals surface area contributed by atoms with Crippen LogP contribution in [0.2, 0.25) is 5.02 Å². The summed E-state index contributed by atoms with van der Waals surface area (Å²) in [7, 11) is 0. The number of thiazole rings is 1. The molecular weight excluding hydrogens is 446 g/mol. The highest BCUT2D eigenvalue weighted by Gasteiger charge is 2.16. The van der Waals surface area contributed by atoms with Crippen LogP contribution in [0.5, 0.6) is 0 Å². The van der Waals surface area contributed by atoms with E-state index in [9.17, 15) is 4.79 Å². The van der Waals surface area contributed by atoms with Crippen LogP contribution >= 0.6 is 22.9 Å². The van der Waals surface area contributed by atoms with E-state index in [1.807, 2.05) is 25.3 Å². The largest absolute Gasteiger partial charge is 0.379 e. The highest BCUT2D eigenvalue weighted by atomic mass is 35.5. The number of amides is 1. The molecule has 3 N–H and O–H groups in total. The molecule has 1 aliphatic heterocycles.